The fraction of sp³-hybridized carbons (Fsp3) is 0.458. The Morgan fingerprint density at radius 1 is 1.11 bits per heavy atom. The number of aryl methyl sites for hydroxylation is 2. The Labute approximate surface area is 167 Å². The van der Waals surface area contributed by atoms with Crippen LogP contribution in [-0.2, 0) is 6.54 Å². The van der Waals surface area contributed by atoms with E-state index in [1.54, 1.807) is 0 Å². The van der Waals surface area contributed by atoms with E-state index >= 15 is 0 Å². The van der Waals surface area contributed by atoms with Crippen molar-refractivity contribution >= 4 is 11.0 Å². The molecule has 1 atom stereocenters. The maximum Gasteiger partial charge on any atom is 0.122 e. The number of para-hydroxylation sites is 2. The largest absolute Gasteiger partial charge is 0.491 e. The minimum absolute atomic E-state index is 0.279. The van der Waals surface area contributed by atoms with Gasteiger partial charge in [-0.15, -0.1) is 0 Å². The quantitative estimate of drug-likeness (QED) is 0.646. The lowest BCUT2D eigenvalue weighted by molar-refractivity contribution is 0.0918. The lowest BCUT2D eigenvalue weighted by Crippen LogP contribution is -2.25. The number of aliphatic hydroxyl groups excluding tert-OH is 1. The first-order valence-corrected chi connectivity index (χ1v) is 10.4. The Bertz CT molecular complexity index is 941. The summed E-state index contributed by atoms with van der Waals surface area (Å²) in [5.41, 5.74) is 4.38. The molecule has 28 heavy (non-hydrogen) atoms. The number of hydrogen-bond donors (Lipinski definition) is 1. The first-order valence-electron chi connectivity index (χ1n) is 10.4. The Hall–Kier alpha value is -2.33. The number of fused-ring (bicyclic) bond motifs is 1. The zero-order valence-corrected chi connectivity index (χ0v) is 16.9. The minimum atomic E-state index is -0.583. The molecule has 1 N–H and O–H groups in total. The molecule has 1 aliphatic carbocycles. The molecular formula is C24H30N2O2. The lowest BCUT2D eigenvalue weighted by atomic mass is 9.88. The van der Waals surface area contributed by atoms with E-state index in [0.717, 1.165) is 33.7 Å². The van der Waals surface area contributed by atoms with E-state index in [1.165, 1.54) is 32.1 Å². The monoisotopic (exact) mass is 378 g/mol. The first-order chi connectivity index (χ1) is 13.6. The van der Waals surface area contributed by atoms with Crippen LogP contribution in [0.25, 0.3) is 11.0 Å². The zero-order chi connectivity index (χ0) is 19.5. The van der Waals surface area contributed by atoms with E-state index < -0.39 is 6.10 Å². The molecule has 0 amide bonds. The van der Waals surface area contributed by atoms with Crippen molar-refractivity contribution in [1.29, 1.82) is 0 Å². The zero-order valence-electron chi connectivity index (χ0n) is 16.9. The highest BCUT2D eigenvalue weighted by atomic mass is 16.5. The summed E-state index contributed by atoms with van der Waals surface area (Å²) in [7, 11) is 0. The number of benzene rings is 2. The third-order valence-corrected chi connectivity index (χ3v) is 5.82. The Balaban J connectivity index is 1.53. The van der Waals surface area contributed by atoms with Crippen LogP contribution in [0.4, 0.5) is 0 Å². The Morgan fingerprint density at radius 2 is 1.89 bits per heavy atom. The highest BCUT2D eigenvalue weighted by molar-refractivity contribution is 5.76. The van der Waals surface area contributed by atoms with Gasteiger partial charge in [0.1, 0.15) is 24.3 Å². The van der Waals surface area contributed by atoms with Gasteiger partial charge in [0.15, 0.2) is 0 Å². The van der Waals surface area contributed by atoms with Gasteiger partial charge in [0.2, 0.25) is 0 Å². The summed E-state index contributed by atoms with van der Waals surface area (Å²) in [4.78, 5) is 4.94. The fourth-order valence-corrected chi connectivity index (χ4v) is 4.27. The van der Waals surface area contributed by atoms with Gasteiger partial charge in [-0.2, -0.15) is 0 Å². The van der Waals surface area contributed by atoms with E-state index in [-0.39, 0.29) is 6.61 Å². The fourth-order valence-electron chi connectivity index (χ4n) is 4.27. The van der Waals surface area contributed by atoms with Crippen LogP contribution in [0.2, 0.25) is 0 Å². The van der Waals surface area contributed by atoms with Gasteiger partial charge in [-0.25, -0.2) is 4.98 Å². The molecule has 0 spiro atoms. The van der Waals surface area contributed by atoms with E-state index in [0.29, 0.717) is 12.5 Å². The van der Waals surface area contributed by atoms with Gasteiger partial charge in [0, 0.05) is 5.92 Å². The summed E-state index contributed by atoms with van der Waals surface area (Å²) in [5.74, 6) is 2.47. The molecule has 4 nitrogen and oxygen atoms in total. The van der Waals surface area contributed by atoms with Crippen LogP contribution in [0.5, 0.6) is 5.75 Å². The van der Waals surface area contributed by atoms with Crippen LogP contribution in [0.3, 0.4) is 0 Å². The second-order valence-corrected chi connectivity index (χ2v) is 8.14. The molecular weight excluding hydrogens is 348 g/mol. The van der Waals surface area contributed by atoms with Gasteiger partial charge in [-0.3, -0.25) is 0 Å². The van der Waals surface area contributed by atoms with Crippen LogP contribution < -0.4 is 4.74 Å². The maximum absolute atomic E-state index is 10.8. The molecule has 0 bridgehead atoms. The SMILES string of the molecule is Cc1ccc(C)c(OC[C@H](O)Cn2c(C3CCCCC3)nc3ccccc32)c1. The van der Waals surface area contributed by atoms with E-state index in [4.69, 9.17) is 9.72 Å². The van der Waals surface area contributed by atoms with Crippen molar-refractivity contribution in [3.63, 3.8) is 0 Å². The van der Waals surface area contributed by atoms with Crippen LogP contribution in [-0.4, -0.2) is 27.4 Å². The van der Waals surface area contributed by atoms with Crippen molar-refractivity contribution in [1.82, 2.24) is 9.55 Å². The molecule has 4 rings (SSSR count). The molecule has 1 heterocycles. The van der Waals surface area contributed by atoms with Gasteiger partial charge < -0.3 is 14.4 Å². The molecule has 2 aromatic carbocycles. The predicted molar refractivity (Wildman–Crippen MR) is 113 cm³/mol. The summed E-state index contributed by atoms with van der Waals surface area (Å²) in [6.45, 7) is 4.88. The van der Waals surface area contributed by atoms with Gasteiger partial charge in [0.25, 0.3) is 0 Å². The molecule has 0 aliphatic heterocycles. The molecule has 0 unspecified atom stereocenters. The Morgan fingerprint density at radius 3 is 2.71 bits per heavy atom. The van der Waals surface area contributed by atoms with Crippen LogP contribution in [0.15, 0.2) is 42.5 Å². The maximum atomic E-state index is 10.8. The highest BCUT2D eigenvalue weighted by Crippen LogP contribution is 2.34. The standard InChI is InChI=1S/C24H30N2O2/c1-17-12-13-18(2)23(14-17)28-16-20(27)15-26-22-11-7-6-10-21(22)25-24(26)19-8-4-3-5-9-19/h6-7,10-14,19-20,27H,3-5,8-9,15-16H2,1-2H3/t20-/m1/s1. The van der Waals surface area contributed by atoms with Crippen molar-refractivity contribution in [3.8, 4) is 5.75 Å². The van der Waals surface area contributed by atoms with E-state index in [1.807, 2.05) is 25.1 Å². The topological polar surface area (TPSA) is 47.3 Å². The Kier molecular flexibility index (Phi) is 5.67. The number of nitrogens with zero attached hydrogens (tertiary/aromatic N) is 2. The molecule has 3 aromatic rings. The van der Waals surface area contributed by atoms with Crippen molar-refractivity contribution in [3.05, 3.63) is 59.4 Å². The highest BCUT2D eigenvalue weighted by Gasteiger charge is 2.23. The number of imidazole rings is 1. The van der Waals surface area contributed by atoms with Gasteiger partial charge in [-0.1, -0.05) is 43.5 Å². The summed E-state index contributed by atoms with van der Waals surface area (Å²) >= 11 is 0. The number of aromatic nitrogens is 2. The van der Waals surface area contributed by atoms with E-state index in [2.05, 4.69) is 35.8 Å². The smallest absolute Gasteiger partial charge is 0.122 e. The minimum Gasteiger partial charge on any atom is -0.491 e. The molecule has 4 heteroatoms. The molecule has 0 saturated heterocycles. The normalized spacial score (nSPS) is 16.4. The third-order valence-electron chi connectivity index (χ3n) is 5.82. The summed E-state index contributed by atoms with van der Waals surface area (Å²) in [6.07, 6.45) is 5.66. The molecule has 148 valence electrons. The number of ether oxygens (including phenoxy) is 1. The second kappa shape index (κ2) is 8.36. The second-order valence-electron chi connectivity index (χ2n) is 8.14. The van der Waals surface area contributed by atoms with Crippen LogP contribution >= 0.6 is 0 Å². The summed E-state index contributed by atoms with van der Waals surface area (Å²) in [6, 6.07) is 14.4. The summed E-state index contributed by atoms with van der Waals surface area (Å²) < 4.78 is 8.17. The van der Waals surface area contributed by atoms with Crippen molar-refractivity contribution in [2.75, 3.05) is 6.61 Å². The lowest BCUT2D eigenvalue weighted by Gasteiger charge is -2.23. The van der Waals surface area contributed by atoms with Gasteiger partial charge in [0.05, 0.1) is 17.6 Å². The van der Waals surface area contributed by atoms with E-state index in [9.17, 15) is 5.11 Å². The molecule has 1 aliphatic rings. The summed E-state index contributed by atoms with van der Waals surface area (Å²) in [5, 5.41) is 10.8. The first kappa shape index (κ1) is 19.0. The molecule has 1 fully saturated rings. The number of aliphatic hydroxyl groups is 1. The molecule has 0 radical (unpaired) electrons. The molecule has 1 saturated carbocycles. The van der Waals surface area contributed by atoms with Crippen molar-refractivity contribution < 1.29 is 9.84 Å². The molecule has 1 aromatic heterocycles. The van der Waals surface area contributed by atoms with Crippen LogP contribution in [0, 0.1) is 13.8 Å². The van der Waals surface area contributed by atoms with Crippen LogP contribution in [0.1, 0.15) is 55.0 Å². The predicted octanol–water partition coefficient (Wildman–Crippen LogP) is 5.14. The average Bonchev–Trinajstić information content (AvgIpc) is 3.08. The van der Waals surface area contributed by atoms with Gasteiger partial charge >= 0.3 is 0 Å². The average molecular weight is 379 g/mol. The number of rotatable bonds is 6. The van der Waals surface area contributed by atoms with Crippen molar-refractivity contribution in [2.45, 2.75) is 64.5 Å². The third kappa shape index (κ3) is 4.07. The van der Waals surface area contributed by atoms with Gasteiger partial charge in [-0.05, 0) is 56.0 Å². The number of hydrogen-bond acceptors (Lipinski definition) is 3. The van der Waals surface area contributed by atoms with Crippen molar-refractivity contribution in [2.24, 2.45) is 0 Å².